The van der Waals surface area contributed by atoms with Gasteiger partial charge in [0.15, 0.2) is 11.7 Å². The van der Waals surface area contributed by atoms with E-state index in [0.29, 0.717) is 5.57 Å². The number of carbonyl (C=O) groups excluding carboxylic acids is 4. The summed E-state index contributed by atoms with van der Waals surface area (Å²) in [5, 5.41) is 11.3. The highest BCUT2D eigenvalue weighted by Crippen LogP contribution is 2.64. The predicted molar refractivity (Wildman–Crippen MR) is 128 cm³/mol. The summed E-state index contributed by atoms with van der Waals surface area (Å²) in [5.74, 6) is -5.18. The van der Waals surface area contributed by atoms with E-state index < -0.39 is 107 Å². The number of hydrogen-bond donors (Lipinski definition) is 1. The number of alkyl halides is 1. The van der Waals surface area contributed by atoms with Crippen molar-refractivity contribution in [1.29, 1.82) is 0 Å². The maximum absolute atomic E-state index is 12.9. The van der Waals surface area contributed by atoms with E-state index in [-0.39, 0.29) is 0 Å². The van der Waals surface area contributed by atoms with Gasteiger partial charge in [-0.15, -0.1) is 11.6 Å². The van der Waals surface area contributed by atoms with Crippen molar-refractivity contribution >= 4 is 35.5 Å². The molecule has 0 aromatic rings. The Hall–Kier alpha value is -2.21. The first-order valence-electron chi connectivity index (χ1n) is 12.7. The van der Waals surface area contributed by atoms with E-state index in [0.717, 1.165) is 0 Å². The van der Waals surface area contributed by atoms with Gasteiger partial charge in [0.25, 0.3) is 0 Å². The average molecular weight is 557 g/mol. The third kappa shape index (κ3) is 3.80. The smallest absolute Gasteiger partial charge is 0.312 e. The molecule has 0 amide bonds. The standard InChI is InChI=1S/C26H33ClO11/c1-8-14-20(34-12(5)29)26(32)10(3)24(31)38-21(26)15(27)9(2)17-18(36-17)22(35-13(6)30)25(14,7)23-19(37-23)16(8)33-11(4)28/h8,10,14-23,32H,2H2,1,3-7H3/t8-,10+,14-,15+,16+,17-,18-,19+,20-,21+,22-,23+,25+,26-/m1/s1. The summed E-state index contributed by atoms with van der Waals surface area (Å²) in [6, 6.07) is 0. The van der Waals surface area contributed by atoms with Crippen LogP contribution in [0.15, 0.2) is 12.2 Å². The lowest BCUT2D eigenvalue weighted by Crippen LogP contribution is -2.69. The zero-order valence-corrected chi connectivity index (χ0v) is 22.8. The summed E-state index contributed by atoms with van der Waals surface area (Å²) >= 11 is 6.79. The maximum Gasteiger partial charge on any atom is 0.312 e. The van der Waals surface area contributed by atoms with Crippen LogP contribution in [-0.2, 0) is 47.6 Å². The van der Waals surface area contributed by atoms with Crippen molar-refractivity contribution in [3.63, 3.8) is 0 Å². The van der Waals surface area contributed by atoms with E-state index in [1.54, 1.807) is 6.92 Å². The predicted octanol–water partition coefficient (Wildman–Crippen LogP) is 1.06. The first kappa shape index (κ1) is 27.4. The molecule has 38 heavy (non-hydrogen) atoms. The molecule has 3 heterocycles. The number of carbonyl (C=O) groups is 4. The Morgan fingerprint density at radius 1 is 0.947 bits per heavy atom. The second-order valence-corrected chi connectivity index (χ2v) is 11.8. The molecular weight excluding hydrogens is 524 g/mol. The SMILES string of the molecule is C=C1[C@H]2O[C@H]2[C@@H](OC(C)=O)[C@]2(C)[C@H]([C@@H](C)[C@H](OC(C)=O)[C@@H]3O[C@@H]32)[C@@H](OC(C)=O)[C@]2(O)[C@@H](C)C(=O)O[C@H]2[C@H]1Cl. The number of fused-ring (bicyclic) bond motifs is 5. The molecule has 0 spiro atoms. The number of rotatable bonds is 3. The number of aliphatic hydroxyl groups is 1. The van der Waals surface area contributed by atoms with Crippen molar-refractivity contribution < 1.29 is 52.7 Å². The number of epoxide rings is 2. The van der Waals surface area contributed by atoms with Crippen molar-refractivity contribution in [2.45, 2.75) is 101 Å². The molecule has 14 atom stereocenters. The molecule has 1 N–H and O–H groups in total. The van der Waals surface area contributed by atoms with Crippen LogP contribution < -0.4 is 0 Å². The minimum atomic E-state index is -2.12. The van der Waals surface area contributed by atoms with Gasteiger partial charge in [-0.1, -0.05) is 20.4 Å². The Balaban J connectivity index is 1.75. The van der Waals surface area contributed by atoms with Crippen LogP contribution in [0.4, 0.5) is 0 Å². The van der Waals surface area contributed by atoms with E-state index in [4.69, 9.17) is 40.0 Å². The van der Waals surface area contributed by atoms with Gasteiger partial charge in [-0.05, 0) is 12.5 Å². The van der Waals surface area contributed by atoms with Gasteiger partial charge >= 0.3 is 23.9 Å². The van der Waals surface area contributed by atoms with Gasteiger partial charge in [0.1, 0.15) is 36.6 Å². The molecule has 0 unspecified atom stereocenters. The van der Waals surface area contributed by atoms with Crippen LogP contribution in [0.25, 0.3) is 0 Å². The lowest BCUT2D eigenvalue weighted by molar-refractivity contribution is -0.226. The van der Waals surface area contributed by atoms with E-state index in [2.05, 4.69) is 6.58 Å². The summed E-state index contributed by atoms with van der Waals surface area (Å²) in [6.45, 7) is 12.9. The molecule has 5 rings (SSSR count). The highest BCUT2D eigenvalue weighted by Gasteiger charge is 2.78. The maximum atomic E-state index is 12.9. The molecule has 210 valence electrons. The van der Waals surface area contributed by atoms with E-state index in [9.17, 15) is 24.3 Å². The van der Waals surface area contributed by atoms with Gasteiger partial charge in [-0.25, -0.2) is 0 Å². The second kappa shape index (κ2) is 8.90. The zero-order valence-electron chi connectivity index (χ0n) is 22.0. The minimum Gasteiger partial charge on any atom is -0.459 e. The molecule has 3 aliphatic heterocycles. The molecule has 0 radical (unpaired) electrons. The molecule has 12 heteroatoms. The summed E-state index contributed by atoms with van der Waals surface area (Å²) in [6.07, 6.45) is -6.89. The van der Waals surface area contributed by atoms with Gasteiger partial charge in [0.2, 0.25) is 0 Å². The lowest BCUT2D eigenvalue weighted by atomic mass is 9.53. The third-order valence-electron chi connectivity index (χ3n) is 9.10. The molecule has 5 aliphatic rings. The van der Waals surface area contributed by atoms with Crippen molar-refractivity contribution in [2.75, 3.05) is 0 Å². The number of halogens is 1. The largest absolute Gasteiger partial charge is 0.459 e. The molecular formula is C26H33ClO11. The van der Waals surface area contributed by atoms with Gasteiger partial charge in [-0.2, -0.15) is 0 Å². The molecule has 2 aliphatic carbocycles. The Kier molecular flexibility index (Phi) is 6.41. The van der Waals surface area contributed by atoms with Crippen LogP contribution in [0, 0.1) is 23.2 Å². The van der Waals surface area contributed by atoms with Gasteiger partial charge in [0.05, 0.1) is 17.4 Å². The molecule has 2 saturated carbocycles. The first-order valence-corrected chi connectivity index (χ1v) is 13.2. The van der Waals surface area contributed by atoms with E-state index in [1.165, 1.54) is 27.7 Å². The summed E-state index contributed by atoms with van der Waals surface area (Å²) in [5.41, 5.74) is -2.92. The fraction of sp³-hybridized carbons (Fsp3) is 0.769. The van der Waals surface area contributed by atoms with Crippen molar-refractivity contribution in [2.24, 2.45) is 23.2 Å². The van der Waals surface area contributed by atoms with Crippen LogP contribution in [-0.4, -0.2) is 88.8 Å². The quantitative estimate of drug-likeness (QED) is 0.175. The Morgan fingerprint density at radius 2 is 1.53 bits per heavy atom. The average Bonchev–Trinajstić information content (AvgIpc) is 3.73. The number of ether oxygens (including phenoxy) is 6. The monoisotopic (exact) mass is 556 g/mol. The van der Waals surface area contributed by atoms with Crippen LogP contribution in [0.2, 0.25) is 0 Å². The van der Waals surface area contributed by atoms with Crippen molar-refractivity contribution in [3.05, 3.63) is 12.2 Å². The first-order chi connectivity index (χ1) is 17.6. The van der Waals surface area contributed by atoms with Crippen LogP contribution >= 0.6 is 11.6 Å². The highest BCUT2D eigenvalue weighted by molar-refractivity contribution is 6.23. The Labute approximate surface area is 225 Å². The molecule has 5 fully saturated rings. The van der Waals surface area contributed by atoms with Crippen molar-refractivity contribution in [3.8, 4) is 0 Å². The normalized spacial score (nSPS) is 50.7. The topological polar surface area (TPSA) is 150 Å². The number of esters is 4. The lowest BCUT2D eigenvalue weighted by Gasteiger charge is -2.54. The van der Waals surface area contributed by atoms with E-state index in [1.807, 2.05) is 6.92 Å². The minimum absolute atomic E-state index is 0.331. The number of hydrogen-bond acceptors (Lipinski definition) is 11. The fourth-order valence-electron chi connectivity index (χ4n) is 7.28. The second-order valence-electron chi connectivity index (χ2n) is 11.4. The van der Waals surface area contributed by atoms with Crippen LogP contribution in [0.5, 0.6) is 0 Å². The Bertz CT molecular complexity index is 1090. The third-order valence-corrected chi connectivity index (χ3v) is 9.61. The summed E-state index contributed by atoms with van der Waals surface area (Å²) in [4.78, 5) is 49.9. The Morgan fingerprint density at radius 3 is 2.11 bits per heavy atom. The molecule has 0 aromatic heterocycles. The summed E-state index contributed by atoms with van der Waals surface area (Å²) in [7, 11) is 0. The van der Waals surface area contributed by atoms with Crippen molar-refractivity contribution in [1.82, 2.24) is 0 Å². The van der Waals surface area contributed by atoms with Crippen LogP contribution in [0.1, 0.15) is 41.5 Å². The van der Waals surface area contributed by atoms with Gasteiger partial charge in [0, 0.05) is 38.0 Å². The van der Waals surface area contributed by atoms with E-state index >= 15 is 0 Å². The molecule has 0 aromatic carbocycles. The molecule has 0 bridgehead atoms. The summed E-state index contributed by atoms with van der Waals surface area (Å²) < 4.78 is 35.1. The highest BCUT2D eigenvalue weighted by atomic mass is 35.5. The van der Waals surface area contributed by atoms with Crippen LogP contribution in [0.3, 0.4) is 0 Å². The van der Waals surface area contributed by atoms with Gasteiger partial charge < -0.3 is 33.5 Å². The molecule has 3 saturated heterocycles. The fourth-order valence-corrected chi connectivity index (χ4v) is 7.65. The molecule has 11 nitrogen and oxygen atoms in total. The van der Waals surface area contributed by atoms with Gasteiger partial charge in [-0.3, -0.25) is 19.2 Å². The zero-order chi connectivity index (χ0) is 28.1.